The first kappa shape index (κ1) is 48.3. The highest BCUT2D eigenvalue weighted by Gasteiger charge is 2.21. The Morgan fingerprint density at radius 2 is 1.04 bits per heavy atom. The molecule has 10 aromatic rings. The fourth-order valence-electron chi connectivity index (χ4n) is 7.95. The molecule has 0 radical (unpaired) electrons. The van der Waals surface area contributed by atoms with Crippen molar-refractivity contribution in [3.8, 4) is 34.4 Å². The number of benzene rings is 6. The van der Waals surface area contributed by atoms with Crippen LogP contribution >= 0.6 is 0 Å². The van der Waals surface area contributed by atoms with Gasteiger partial charge in [-0.1, -0.05) is 57.2 Å². The maximum atomic E-state index is 11.4. The first-order valence-corrected chi connectivity index (χ1v) is 23.1. The number of oxazole rings is 3. The Bertz CT molecular complexity index is 3270. The molecule has 0 aliphatic carbocycles. The van der Waals surface area contributed by atoms with Crippen molar-refractivity contribution in [2.75, 3.05) is 36.2 Å². The number of aryl methyl sites for hydroxylation is 1. The molecule has 0 aliphatic rings. The highest BCUT2D eigenvalue weighted by molar-refractivity contribution is 5.84. The summed E-state index contributed by atoms with van der Waals surface area (Å²) in [5, 5.41) is 45.8. The van der Waals surface area contributed by atoms with Gasteiger partial charge in [0.25, 0.3) is 5.69 Å². The fraction of sp³-hybridized carbons (Fsp3) is 0.245. The van der Waals surface area contributed by atoms with E-state index >= 15 is 0 Å². The predicted molar refractivity (Wildman–Crippen MR) is 273 cm³/mol. The fourth-order valence-corrected chi connectivity index (χ4v) is 7.95. The van der Waals surface area contributed by atoms with Gasteiger partial charge in [0, 0.05) is 34.8 Å². The number of nitrogens with one attached hydrogen (secondary N) is 2. The maximum Gasteiger partial charge on any atom is 0.293 e. The predicted octanol–water partition coefficient (Wildman–Crippen LogP) is 10.9. The van der Waals surface area contributed by atoms with Gasteiger partial charge in [-0.25, -0.2) is 19.9 Å². The summed E-state index contributed by atoms with van der Waals surface area (Å²) in [6, 6.07) is 38.9. The Morgan fingerprint density at radius 1 is 0.586 bits per heavy atom. The molecule has 0 amide bonds. The van der Waals surface area contributed by atoms with Crippen molar-refractivity contribution in [3.63, 3.8) is 0 Å². The van der Waals surface area contributed by atoms with E-state index in [4.69, 9.17) is 19.0 Å². The Labute approximate surface area is 402 Å². The highest BCUT2D eigenvalue weighted by atomic mass is 16.6. The number of anilines is 3. The zero-order valence-electron chi connectivity index (χ0n) is 39.2. The van der Waals surface area contributed by atoms with Gasteiger partial charge in [-0.15, -0.1) is 0 Å². The molecule has 0 spiro atoms. The van der Waals surface area contributed by atoms with Crippen LogP contribution in [-0.4, -0.2) is 76.7 Å². The number of aliphatic hydroxyl groups excluding tert-OH is 3. The van der Waals surface area contributed by atoms with Crippen molar-refractivity contribution in [2.45, 2.75) is 65.1 Å². The summed E-state index contributed by atoms with van der Waals surface area (Å²) in [6.07, 6.45) is 2.33. The van der Waals surface area contributed by atoms with Gasteiger partial charge in [0.2, 0.25) is 17.7 Å². The Morgan fingerprint density at radius 3 is 1.49 bits per heavy atom. The van der Waals surface area contributed by atoms with Gasteiger partial charge in [0.05, 0.1) is 53.2 Å². The van der Waals surface area contributed by atoms with E-state index < -0.39 is 4.92 Å². The van der Waals surface area contributed by atoms with Crippen LogP contribution in [0.3, 0.4) is 0 Å². The lowest BCUT2D eigenvalue weighted by Crippen LogP contribution is -2.23. The first-order chi connectivity index (χ1) is 34.0. The standard InChI is InChI=1S/C19H19N3O2.C17H17N3O4.C17H19N3O2/c1-3-14(11-23)22-12(2)20-16-10-13(8-9-17(16)22)19-21-15-6-4-5-7-18(15)24-19;1-2-12(10-21)18-13-8-7-11(9-15(13)20(22)23)17-19-14-5-3-4-6-16(14)24-17;1-2-12(10-21)19-14-8-7-11(9-13(14)18)17-20-15-5-3-4-6-16(15)22-17/h4-10,14,23H,3,11H2,1-2H3;3-9,12,18,21H,2,10H2,1H3;3-9,12,19,21H,2,10,18H2,1H3. The van der Waals surface area contributed by atoms with Crippen molar-refractivity contribution < 1.29 is 33.5 Å². The normalized spacial score (nSPS) is 12.6. The van der Waals surface area contributed by atoms with Gasteiger partial charge in [-0.3, -0.25) is 10.1 Å². The molecule has 0 aliphatic heterocycles. The van der Waals surface area contributed by atoms with Crippen LogP contribution in [0, 0.1) is 17.0 Å². The number of aromatic nitrogens is 5. The van der Waals surface area contributed by atoms with E-state index in [0.717, 1.165) is 68.7 Å². The number of hydrogen-bond acceptors (Lipinski definition) is 15. The Kier molecular flexibility index (Phi) is 15.1. The molecule has 7 N–H and O–H groups in total. The molecule has 4 aromatic heterocycles. The number of fused-ring (bicyclic) bond motifs is 4. The van der Waals surface area contributed by atoms with E-state index in [9.17, 15) is 25.4 Å². The number of nitrogen functional groups attached to an aromatic ring is 1. The molecule has 0 saturated heterocycles. The first-order valence-electron chi connectivity index (χ1n) is 23.1. The quantitative estimate of drug-likeness (QED) is 0.0318. The number of nitro groups is 1. The molecule has 17 heteroatoms. The average Bonchev–Trinajstić information content (AvgIpc) is 4.20. The van der Waals surface area contributed by atoms with E-state index in [-0.39, 0.29) is 43.6 Å². The number of hydrogen-bond donors (Lipinski definition) is 6. The third-order valence-electron chi connectivity index (χ3n) is 11.9. The van der Waals surface area contributed by atoms with Crippen LogP contribution < -0.4 is 16.4 Å². The summed E-state index contributed by atoms with van der Waals surface area (Å²) < 4.78 is 19.3. The lowest BCUT2D eigenvalue weighted by Gasteiger charge is -2.17. The number of para-hydroxylation sites is 6. The van der Waals surface area contributed by atoms with Gasteiger partial charge >= 0.3 is 0 Å². The molecule has 3 atom stereocenters. The molecular formula is C53H55N9O8. The van der Waals surface area contributed by atoms with Gasteiger partial charge in [-0.05, 0) is 111 Å². The maximum absolute atomic E-state index is 11.4. The number of nitro benzene ring substituents is 1. The van der Waals surface area contributed by atoms with E-state index in [2.05, 4.69) is 42.1 Å². The minimum atomic E-state index is -0.460. The zero-order valence-corrected chi connectivity index (χ0v) is 39.2. The third-order valence-corrected chi connectivity index (χ3v) is 11.9. The topological polar surface area (TPSA) is 250 Å². The Hall–Kier alpha value is -8.12. The van der Waals surface area contributed by atoms with Crippen molar-refractivity contribution in [1.82, 2.24) is 24.5 Å². The van der Waals surface area contributed by atoms with Crippen LogP contribution in [-0.2, 0) is 0 Å². The number of nitrogens with zero attached hydrogens (tertiary/aromatic N) is 6. The molecule has 360 valence electrons. The molecule has 4 heterocycles. The average molecular weight is 946 g/mol. The molecule has 10 rings (SSSR count). The molecule has 70 heavy (non-hydrogen) atoms. The van der Waals surface area contributed by atoms with Crippen molar-refractivity contribution >= 4 is 67.1 Å². The lowest BCUT2D eigenvalue weighted by atomic mass is 10.1. The zero-order chi connectivity index (χ0) is 49.3. The summed E-state index contributed by atoms with van der Waals surface area (Å²) in [7, 11) is 0. The van der Waals surface area contributed by atoms with Crippen molar-refractivity contribution in [2.24, 2.45) is 0 Å². The van der Waals surface area contributed by atoms with Crippen LogP contribution in [0.2, 0.25) is 0 Å². The van der Waals surface area contributed by atoms with E-state index in [0.29, 0.717) is 52.1 Å². The molecule has 6 aromatic carbocycles. The van der Waals surface area contributed by atoms with Crippen LogP contribution in [0.5, 0.6) is 0 Å². The highest BCUT2D eigenvalue weighted by Crippen LogP contribution is 2.34. The van der Waals surface area contributed by atoms with Crippen LogP contribution in [0.15, 0.2) is 141 Å². The summed E-state index contributed by atoms with van der Waals surface area (Å²) >= 11 is 0. The third kappa shape index (κ3) is 10.6. The van der Waals surface area contributed by atoms with Gasteiger partial charge in [0.1, 0.15) is 28.1 Å². The van der Waals surface area contributed by atoms with Crippen molar-refractivity contribution in [1.29, 1.82) is 0 Å². The lowest BCUT2D eigenvalue weighted by molar-refractivity contribution is -0.383. The second kappa shape index (κ2) is 21.9. The SMILES string of the molecule is CCC(CO)Nc1ccc(-c2nc3ccccc3o2)cc1N.CCC(CO)Nc1ccc(-c2nc3ccccc3o2)cc1[N+](=O)[O-].CCC(CO)n1c(C)nc2cc(-c3nc4ccccc4o3)ccc21. The minimum absolute atomic E-state index is 0.00234. The molecule has 0 saturated carbocycles. The molecule has 3 unspecified atom stereocenters. The van der Waals surface area contributed by atoms with Crippen LogP contribution in [0.1, 0.15) is 51.9 Å². The number of nitrogens with two attached hydrogens (primary N) is 1. The number of imidazole rings is 1. The minimum Gasteiger partial charge on any atom is -0.436 e. The van der Waals surface area contributed by atoms with Crippen LogP contribution in [0.25, 0.3) is 78.7 Å². The van der Waals surface area contributed by atoms with E-state index in [1.807, 2.05) is 124 Å². The smallest absolute Gasteiger partial charge is 0.293 e. The largest absolute Gasteiger partial charge is 0.436 e. The molecule has 0 bridgehead atoms. The van der Waals surface area contributed by atoms with E-state index in [1.54, 1.807) is 18.2 Å². The monoisotopic (exact) mass is 945 g/mol. The summed E-state index contributed by atoms with van der Waals surface area (Å²) in [5.74, 6) is 2.38. The number of aliphatic hydroxyl groups is 3. The van der Waals surface area contributed by atoms with Gasteiger partial charge < -0.3 is 49.5 Å². The summed E-state index contributed by atoms with van der Waals surface area (Å²) in [5.41, 5.74) is 16.5. The molecule has 0 fully saturated rings. The van der Waals surface area contributed by atoms with Crippen molar-refractivity contribution in [3.05, 3.63) is 143 Å². The number of rotatable bonds is 15. The second-order valence-corrected chi connectivity index (χ2v) is 16.6. The summed E-state index contributed by atoms with van der Waals surface area (Å²) in [4.78, 5) is 28.9. The second-order valence-electron chi connectivity index (χ2n) is 16.6. The van der Waals surface area contributed by atoms with E-state index in [1.165, 1.54) is 6.07 Å². The Balaban J connectivity index is 0.000000141. The molecular weight excluding hydrogens is 891 g/mol. The van der Waals surface area contributed by atoms with Gasteiger partial charge in [-0.2, -0.15) is 0 Å². The van der Waals surface area contributed by atoms with Gasteiger partial charge in [0.15, 0.2) is 16.7 Å². The molecule has 17 nitrogen and oxygen atoms in total. The van der Waals surface area contributed by atoms with Crippen LogP contribution in [0.4, 0.5) is 22.7 Å². The summed E-state index contributed by atoms with van der Waals surface area (Å²) in [6.45, 7) is 8.03.